The molecule has 0 bridgehead atoms. The van der Waals surface area contributed by atoms with Crippen LogP contribution in [-0.4, -0.2) is 30.1 Å². The highest BCUT2D eigenvalue weighted by Crippen LogP contribution is 2.15. The Morgan fingerprint density at radius 2 is 2.27 bits per heavy atom. The molecule has 1 aromatic rings. The van der Waals surface area contributed by atoms with Gasteiger partial charge in [-0.15, -0.1) is 0 Å². The molecular weight excluding hydrogens is 212 g/mol. The summed E-state index contributed by atoms with van der Waals surface area (Å²) in [5.41, 5.74) is 1.06. The van der Waals surface area contributed by atoms with Crippen LogP contribution in [-0.2, 0) is 6.42 Å². The highest BCUT2D eigenvalue weighted by molar-refractivity contribution is 6.31. The van der Waals surface area contributed by atoms with E-state index in [0.717, 1.165) is 16.4 Å². The summed E-state index contributed by atoms with van der Waals surface area (Å²) in [5, 5.41) is 13.1. The number of nitrogens with zero attached hydrogens (tertiary/aromatic N) is 1. The maximum absolute atomic E-state index is 9.25. The quantitative estimate of drug-likeness (QED) is 0.794. The van der Waals surface area contributed by atoms with Crippen LogP contribution in [0.3, 0.4) is 0 Å². The fraction of sp³-hybridized carbons (Fsp3) is 0.364. The van der Waals surface area contributed by atoms with E-state index in [1.807, 2.05) is 24.3 Å². The molecule has 1 atom stereocenters. The molecular formula is C11H13ClN2O. The van der Waals surface area contributed by atoms with Crippen molar-refractivity contribution < 1.29 is 5.11 Å². The SMILES string of the molecule is OC1CN=C(Cc2ccccc2Cl)NC1. The van der Waals surface area contributed by atoms with Crippen molar-refractivity contribution in [3.05, 3.63) is 34.9 Å². The summed E-state index contributed by atoms with van der Waals surface area (Å²) in [5.74, 6) is 0.897. The molecule has 1 aromatic carbocycles. The third-order valence-electron chi connectivity index (χ3n) is 2.35. The van der Waals surface area contributed by atoms with E-state index in [9.17, 15) is 5.11 Å². The van der Waals surface area contributed by atoms with Crippen LogP contribution in [0.2, 0.25) is 5.02 Å². The number of hydrogen-bond donors (Lipinski definition) is 2. The van der Waals surface area contributed by atoms with Gasteiger partial charge in [0, 0.05) is 18.0 Å². The number of amidine groups is 1. The summed E-state index contributed by atoms with van der Waals surface area (Å²) in [6.45, 7) is 1.05. The predicted molar refractivity (Wildman–Crippen MR) is 61.5 cm³/mol. The molecule has 0 aromatic heterocycles. The second-order valence-corrected chi connectivity index (χ2v) is 4.00. The number of aliphatic hydroxyl groups is 1. The maximum Gasteiger partial charge on any atom is 0.101 e. The first-order valence-electron chi connectivity index (χ1n) is 4.94. The zero-order valence-corrected chi connectivity index (χ0v) is 9.04. The van der Waals surface area contributed by atoms with Gasteiger partial charge < -0.3 is 10.4 Å². The van der Waals surface area contributed by atoms with E-state index in [2.05, 4.69) is 10.3 Å². The number of nitrogens with one attached hydrogen (secondary N) is 1. The molecule has 1 heterocycles. The van der Waals surface area contributed by atoms with E-state index in [1.165, 1.54) is 0 Å². The number of aliphatic hydroxyl groups excluding tert-OH is 1. The maximum atomic E-state index is 9.25. The van der Waals surface area contributed by atoms with Crippen molar-refractivity contribution in [2.45, 2.75) is 12.5 Å². The molecule has 1 unspecified atom stereocenters. The first-order chi connectivity index (χ1) is 7.25. The van der Waals surface area contributed by atoms with Crippen LogP contribution in [0, 0.1) is 0 Å². The summed E-state index contributed by atoms with van der Waals surface area (Å²) in [6, 6.07) is 7.72. The molecule has 0 saturated carbocycles. The fourth-order valence-corrected chi connectivity index (χ4v) is 1.71. The van der Waals surface area contributed by atoms with Gasteiger partial charge in [0.25, 0.3) is 0 Å². The average molecular weight is 225 g/mol. The predicted octanol–water partition coefficient (Wildman–Crippen LogP) is 1.25. The first kappa shape index (κ1) is 10.5. The average Bonchev–Trinajstić information content (AvgIpc) is 2.25. The van der Waals surface area contributed by atoms with E-state index in [0.29, 0.717) is 19.5 Å². The molecule has 80 valence electrons. The lowest BCUT2D eigenvalue weighted by molar-refractivity contribution is 0.181. The highest BCUT2D eigenvalue weighted by atomic mass is 35.5. The van der Waals surface area contributed by atoms with E-state index in [4.69, 9.17) is 11.6 Å². The number of β-amino-alcohol motifs (C(OH)–C–C–N with tert-alkyl or cyclic N) is 1. The zero-order valence-electron chi connectivity index (χ0n) is 8.28. The van der Waals surface area contributed by atoms with Gasteiger partial charge in [-0.05, 0) is 11.6 Å². The third kappa shape index (κ3) is 2.70. The molecule has 4 heteroatoms. The first-order valence-corrected chi connectivity index (χ1v) is 5.32. The van der Waals surface area contributed by atoms with Gasteiger partial charge in [-0.1, -0.05) is 29.8 Å². The molecule has 0 aliphatic carbocycles. The second kappa shape index (κ2) is 4.64. The minimum Gasteiger partial charge on any atom is -0.389 e. The smallest absolute Gasteiger partial charge is 0.101 e. The summed E-state index contributed by atoms with van der Waals surface area (Å²) < 4.78 is 0. The lowest BCUT2D eigenvalue weighted by Crippen LogP contribution is -2.39. The van der Waals surface area contributed by atoms with Gasteiger partial charge in [0.05, 0.1) is 12.6 Å². The van der Waals surface area contributed by atoms with Crippen LogP contribution < -0.4 is 5.32 Å². The van der Waals surface area contributed by atoms with Crippen molar-refractivity contribution in [3.63, 3.8) is 0 Å². The molecule has 3 nitrogen and oxygen atoms in total. The fourth-order valence-electron chi connectivity index (χ4n) is 1.51. The Balaban J connectivity index is 2.06. The van der Waals surface area contributed by atoms with Crippen LogP contribution in [0.1, 0.15) is 5.56 Å². The normalized spacial score (nSPS) is 20.7. The van der Waals surface area contributed by atoms with Crippen LogP contribution in [0.5, 0.6) is 0 Å². The van der Waals surface area contributed by atoms with Gasteiger partial charge in [-0.2, -0.15) is 0 Å². The molecule has 15 heavy (non-hydrogen) atoms. The van der Waals surface area contributed by atoms with Crippen molar-refractivity contribution in [2.24, 2.45) is 4.99 Å². The van der Waals surface area contributed by atoms with Crippen LogP contribution >= 0.6 is 11.6 Å². The number of hydrogen-bond acceptors (Lipinski definition) is 3. The Bertz CT molecular complexity index is 379. The minimum absolute atomic E-state index is 0.361. The van der Waals surface area contributed by atoms with Gasteiger partial charge in [-0.3, -0.25) is 4.99 Å². The monoisotopic (exact) mass is 224 g/mol. The van der Waals surface area contributed by atoms with Crippen LogP contribution in [0.15, 0.2) is 29.3 Å². The summed E-state index contributed by atoms with van der Waals surface area (Å²) in [6.07, 6.45) is 0.340. The number of benzene rings is 1. The molecule has 2 N–H and O–H groups in total. The molecule has 2 rings (SSSR count). The van der Waals surface area contributed by atoms with Gasteiger partial charge in [0.15, 0.2) is 0 Å². The minimum atomic E-state index is -0.361. The lowest BCUT2D eigenvalue weighted by atomic mass is 10.1. The van der Waals surface area contributed by atoms with E-state index >= 15 is 0 Å². The van der Waals surface area contributed by atoms with Gasteiger partial charge in [0.1, 0.15) is 5.84 Å². The number of halogens is 1. The van der Waals surface area contributed by atoms with E-state index < -0.39 is 0 Å². The van der Waals surface area contributed by atoms with E-state index in [1.54, 1.807) is 0 Å². The Hall–Kier alpha value is -1.06. The molecule has 1 aliphatic rings. The van der Waals surface area contributed by atoms with Gasteiger partial charge in [-0.25, -0.2) is 0 Å². The Morgan fingerprint density at radius 3 is 2.93 bits per heavy atom. The standard InChI is InChI=1S/C11H13ClN2O/c12-10-4-2-1-3-8(10)5-11-13-6-9(15)7-14-11/h1-4,9,15H,5-7H2,(H,13,14). The van der Waals surface area contributed by atoms with Crippen molar-refractivity contribution in [1.29, 1.82) is 0 Å². The van der Waals surface area contributed by atoms with Gasteiger partial charge >= 0.3 is 0 Å². The zero-order chi connectivity index (χ0) is 10.7. The Kier molecular flexibility index (Phi) is 3.23. The molecule has 0 fully saturated rings. The third-order valence-corrected chi connectivity index (χ3v) is 2.72. The van der Waals surface area contributed by atoms with Crippen LogP contribution in [0.25, 0.3) is 0 Å². The topological polar surface area (TPSA) is 44.6 Å². The largest absolute Gasteiger partial charge is 0.389 e. The summed E-state index contributed by atoms with van der Waals surface area (Å²) >= 11 is 6.04. The molecule has 1 aliphatic heterocycles. The lowest BCUT2D eigenvalue weighted by Gasteiger charge is -2.19. The highest BCUT2D eigenvalue weighted by Gasteiger charge is 2.12. The summed E-state index contributed by atoms with van der Waals surface area (Å²) in [7, 11) is 0. The number of aliphatic imine (C=N–C) groups is 1. The van der Waals surface area contributed by atoms with Gasteiger partial charge in [0.2, 0.25) is 0 Å². The second-order valence-electron chi connectivity index (χ2n) is 3.59. The molecule has 0 amide bonds. The number of rotatable bonds is 2. The van der Waals surface area contributed by atoms with Crippen molar-refractivity contribution in [2.75, 3.05) is 13.1 Å². The van der Waals surface area contributed by atoms with Crippen molar-refractivity contribution in [3.8, 4) is 0 Å². The van der Waals surface area contributed by atoms with Crippen molar-refractivity contribution >= 4 is 17.4 Å². The van der Waals surface area contributed by atoms with E-state index in [-0.39, 0.29) is 6.10 Å². The van der Waals surface area contributed by atoms with Crippen LogP contribution in [0.4, 0.5) is 0 Å². The molecule has 0 saturated heterocycles. The Labute approximate surface area is 93.8 Å². The Morgan fingerprint density at radius 1 is 1.47 bits per heavy atom. The van der Waals surface area contributed by atoms with Crippen molar-refractivity contribution in [1.82, 2.24) is 5.32 Å². The summed E-state index contributed by atoms with van der Waals surface area (Å²) in [4.78, 5) is 4.24. The molecule has 0 spiro atoms. The molecule has 0 radical (unpaired) electrons.